The largest absolute Gasteiger partial charge is 0.480 e. The van der Waals surface area contributed by atoms with E-state index in [2.05, 4.69) is 0 Å². The number of aliphatic carboxylic acids is 1. The summed E-state index contributed by atoms with van der Waals surface area (Å²) in [6.45, 7) is 2.66. The fourth-order valence-electron chi connectivity index (χ4n) is 2.31. The molecule has 2 rings (SSSR count). The van der Waals surface area contributed by atoms with E-state index in [0.29, 0.717) is 5.56 Å². The normalized spacial score (nSPS) is 11.1. The summed E-state index contributed by atoms with van der Waals surface area (Å²) in [4.78, 5) is 21.1. The van der Waals surface area contributed by atoms with Gasteiger partial charge in [-0.05, 0) is 37.1 Å². The second-order valence-electron chi connectivity index (χ2n) is 5.38. The molecule has 0 fully saturated rings. The van der Waals surface area contributed by atoms with Crippen molar-refractivity contribution in [1.82, 2.24) is 0 Å². The average molecular weight is 364 g/mol. The van der Waals surface area contributed by atoms with Crippen LogP contribution >= 0.6 is 0 Å². The van der Waals surface area contributed by atoms with E-state index in [1.54, 1.807) is 26.0 Å². The lowest BCUT2D eigenvalue weighted by Gasteiger charge is -2.25. The summed E-state index contributed by atoms with van der Waals surface area (Å²) in [5, 5.41) is 20.0. The number of nitrogens with zero attached hydrogens (tertiary/aromatic N) is 2. The van der Waals surface area contributed by atoms with Crippen LogP contribution in [-0.2, 0) is 14.8 Å². The van der Waals surface area contributed by atoms with Crippen LogP contribution in [0.1, 0.15) is 11.1 Å². The van der Waals surface area contributed by atoms with E-state index >= 15 is 0 Å². The molecule has 0 heterocycles. The van der Waals surface area contributed by atoms with E-state index in [4.69, 9.17) is 5.11 Å². The van der Waals surface area contributed by atoms with Crippen molar-refractivity contribution in [3.05, 3.63) is 63.7 Å². The molecule has 2 aromatic rings. The summed E-state index contributed by atoms with van der Waals surface area (Å²) < 4.78 is 26.6. The van der Waals surface area contributed by atoms with Crippen LogP contribution in [0.2, 0.25) is 0 Å². The number of nitro groups is 1. The van der Waals surface area contributed by atoms with Crippen LogP contribution in [0.25, 0.3) is 0 Å². The van der Waals surface area contributed by atoms with E-state index in [9.17, 15) is 23.3 Å². The summed E-state index contributed by atoms with van der Waals surface area (Å²) in [5.74, 6) is -1.34. The number of anilines is 1. The van der Waals surface area contributed by atoms with Crippen LogP contribution in [-0.4, -0.2) is 31.0 Å². The minimum Gasteiger partial charge on any atom is -0.480 e. The highest BCUT2D eigenvalue weighted by Crippen LogP contribution is 2.29. The molecule has 0 atom stereocenters. The fraction of sp³-hybridized carbons (Fsp3) is 0.188. The number of rotatable bonds is 6. The Balaban J connectivity index is 2.64. The molecule has 0 amide bonds. The Morgan fingerprint density at radius 1 is 1.20 bits per heavy atom. The monoisotopic (exact) mass is 364 g/mol. The van der Waals surface area contributed by atoms with E-state index in [1.165, 1.54) is 24.3 Å². The molecule has 0 unspecified atom stereocenters. The first-order valence-corrected chi connectivity index (χ1v) is 8.64. The Labute approximate surface area is 144 Å². The SMILES string of the molecule is Cc1cccc(N(CC(=O)O)S(=O)(=O)c2cccc([N+](=O)[O-])c2)c1C. The molecular formula is C16H16N2O6S. The van der Waals surface area contributed by atoms with Crippen LogP contribution in [0, 0.1) is 24.0 Å². The molecule has 0 aliphatic heterocycles. The number of non-ortho nitro benzene ring substituents is 1. The van der Waals surface area contributed by atoms with Gasteiger partial charge in [-0.3, -0.25) is 19.2 Å². The van der Waals surface area contributed by atoms with Crippen molar-refractivity contribution in [2.45, 2.75) is 18.7 Å². The van der Waals surface area contributed by atoms with Crippen LogP contribution in [0.15, 0.2) is 47.4 Å². The lowest BCUT2D eigenvalue weighted by molar-refractivity contribution is -0.385. The van der Waals surface area contributed by atoms with Gasteiger partial charge in [-0.15, -0.1) is 0 Å². The highest BCUT2D eigenvalue weighted by Gasteiger charge is 2.29. The first-order chi connectivity index (χ1) is 11.6. The van der Waals surface area contributed by atoms with Crippen LogP contribution < -0.4 is 4.31 Å². The Kier molecular flexibility index (Phi) is 5.07. The van der Waals surface area contributed by atoms with E-state index in [0.717, 1.165) is 15.9 Å². The molecule has 0 spiro atoms. The van der Waals surface area contributed by atoms with Gasteiger partial charge in [0.15, 0.2) is 0 Å². The van der Waals surface area contributed by atoms with Crippen molar-refractivity contribution >= 4 is 27.4 Å². The first kappa shape index (κ1) is 18.4. The average Bonchev–Trinajstić information content (AvgIpc) is 2.55. The van der Waals surface area contributed by atoms with Gasteiger partial charge in [0.2, 0.25) is 0 Å². The lowest BCUT2D eigenvalue weighted by atomic mass is 10.1. The Morgan fingerprint density at radius 2 is 1.84 bits per heavy atom. The summed E-state index contributed by atoms with van der Waals surface area (Å²) in [6, 6.07) is 9.41. The molecule has 0 saturated heterocycles. The van der Waals surface area contributed by atoms with Crippen molar-refractivity contribution in [3.8, 4) is 0 Å². The standard InChI is InChI=1S/C16H16N2O6S/c1-11-5-3-8-15(12(11)2)17(10-16(19)20)25(23,24)14-7-4-6-13(9-14)18(21)22/h3-9H,10H2,1-2H3,(H,19,20). The lowest BCUT2D eigenvalue weighted by Crippen LogP contribution is -2.36. The van der Waals surface area contributed by atoms with Gasteiger partial charge in [0.05, 0.1) is 15.5 Å². The van der Waals surface area contributed by atoms with Crippen LogP contribution in [0.5, 0.6) is 0 Å². The molecule has 0 radical (unpaired) electrons. The number of carboxylic acid groups (broad SMARTS) is 1. The molecule has 0 saturated carbocycles. The predicted octanol–water partition coefficient (Wildman–Crippen LogP) is 2.49. The molecule has 1 N–H and O–H groups in total. The minimum atomic E-state index is -4.30. The van der Waals surface area contributed by atoms with Gasteiger partial charge >= 0.3 is 5.97 Å². The maximum absolute atomic E-state index is 12.9. The molecule has 0 bridgehead atoms. The maximum atomic E-state index is 12.9. The van der Waals surface area contributed by atoms with E-state index < -0.39 is 33.1 Å². The third-order valence-electron chi connectivity index (χ3n) is 3.74. The Bertz CT molecular complexity index is 939. The van der Waals surface area contributed by atoms with E-state index in [-0.39, 0.29) is 10.6 Å². The molecule has 25 heavy (non-hydrogen) atoms. The second kappa shape index (κ2) is 6.89. The fourth-order valence-corrected chi connectivity index (χ4v) is 3.82. The predicted molar refractivity (Wildman–Crippen MR) is 91.2 cm³/mol. The van der Waals surface area contributed by atoms with Crippen LogP contribution in [0.4, 0.5) is 11.4 Å². The number of hydrogen-bond acceptors (Lipinski definition) is 5. The maximum Gasteiger partial charge on any atom is 0.324 e. The second-order valence-corrected chi connectivity index (χ2v) is 7.24. The molecule has 9 heteroatoms. The van der Waals surface area contributed by atoms with Gasteiger partial charge in [0, 0.05) is 12.1 Å². The molecule has 8 nitrogen and oxygen atoms in total. The van der Waals surface area contributed by atoms with Gasteiger partial charge in [-0.2, -0.15) is 0 Å². The van der Waals surface area contributed by atoms with Gasteiger partial charge in [0.1, 0.15) is 6.54 Å². The Morgan fingerprint density at radius 3 is 2.44 bits per heavy atom. The smallest absolute Gasteiger partial charge is 0.324 e. The van der Waals surface area contributed by atoms with Crippen LogP contribution in [0.3, 0.4) is 0 Å². The zero-order valence-electron chi connectivity index (χ0n) is 13.5. The van der Waals surface area contributed by atoms with Crippen molar-refractivity contribution < 1.29 is 23.2 Å². The van der Waals surface area contributed by atoms with E-state index in [1.807, 2.05) is 0 Å². The summed E-state index contributed by atoms with van der Waals surface area (Å²) in [5.41, 5.74) is 1.23. The van der Waals surface area contributed by atoms with Gasteiger partial charge in [-0.1, -0.05) is 18.2 Å². The summed E-state index contributed by atoms with van der Waals surface area (Å²) in [7, 11) is -4.30. The summed E-state index contributed by atoms with van der Waals surface area (Å²) >= 11 is 0. The van der Waals surface area contributed by atoms with Crippen molar-refractivity contribution in [2.75, 3.05) is 10.8 Å². The zero-order chi connectivity index (χ0) is 18.8. The highest BCUT2D eigenvalue weighted by molar-refractivity contribution is 7.92. The quantitative estimate of drug-likeness (QED) is 0.621. The molecule has 0 aromatic heterocycles. The number of benzene rings is 2. The number of carbonyl (C=O) groups is 1. The van der Waals surface area contributed by atoms with Gasteiger partial charge < -0.3 is 5.11 Å². The summed E-state index contributed by atoms with van der Waals surface area (Å²) in [6.07, 6.45) is 0. The number of sulfonamides is 1. The first-order valence-electron chi connectivity index (χ1n) is 7.20. The highest BCUT2D eigenvalue weighted by atomic mass is 32.2. The molecule has 132 valence electrons. The Hall–Kier alpha value is -2.94. The number of aryl methyl sites for hydroxylation is 1. The molecular weight excluding hydrogens is 348 g/mol. The van der Waals surface area contributed by atoms with Crippen molar-refractivity contribution in [2.24, 2.45) is 0 Å². The number of nitro benzene ring substituents is 1. The third-order valence-corrected chi connectivity index (χ3v) is 5.50. The van der Waals surface area contributed by atoms with Gasteiger partial charge in [-0.25, -0.2) is 8.42 Å². The number of hydrogen-bond donors (Lipinski definition) is 1. The van der Waals surface area contributed by atoms with Crippen molar-refractivity contribution in [1.29, 1.82) is 0 Å². The van der Waals surface area contributed by atoms with Crippen molar-refractivity contribution in [3.63, 3.8) is 0 Å². The molecule has 2 aromatic carbocycles. The minimum absolute atomic E-state index is 0.217. The molecule has 0 aliphatic rings. The number of carboxylic acids is 1. The topological polar surface area (TPSA) is 118 Å². The molecule has 0 aliphatic carbocycles. The van der Waals surface area contributed by atoms with Gasteiger partial charge in [0.25, 0.3) is 15.7 Å². The third kappa shape index (κ3) is 3.77. The zero-order valence-corrected chi connectivity index (χ0v) is 14.4.